The summed E-state index contributed by atoms with van der Waals surface area (Å²) in [5.41, 5.74) is 0. The van der Waals surface area contributed by atoms with E-state index in [2.05, 4.69) is 13.8 Å². The van der Waals surface area contributed by atoms with Crippen molar-refractivity contribution in [2.24, 2.45) is 11.8 Å². The van der Waals surface area contributed by atoms with Crippen molar-refractivity contribution >= 4 is 0 Å². The van der Waals surface area contributed by atoms with E-state index in [-0.39, 0.29) is 0 Å². The number of unbranched alkanes of at least 4 members (excludes halogenated alkanes) is 6. The van der Waals surface area contributed by atoms with Crippen molar-refractivity contribution in [3.63, 3.8) is 0 Å². The zero-order chi connectivity index (χ0) is 10.9. The molecule has 0 N–H and O–H groups in total. The topological polar surface area (TPSA) is 0 Å². The van der Waals surface area contributed by atoms with Crippen LogP contribution in [0.4, 0.5) is 0 Å². The lowest BCUT2D eigenvalue weighted by atomic mass is 10.1. The molecular weight excluding hydrogens is 180 g/mol. The Balaban J connectivity index is 1.81. The van der Waals surface area contributed by atoms with Crippen LogP contribution in [0.1, 0.15) is 84.5 Å². The first kappa shape index (κ1) is 13.1. The first-order chi connectivity index (χ1) is 7.38. The quantitative estimate of drug-likeness (QED) is 0.414. The lowest BCUT2D eigenvalue weighted by Gasteiger charge is -2.00. The Labute approximate surface area is 96.8 Å². The van der Waals surface area contributed by atoms with Gasteiger partial charge in [-0.25, -0.2) is 0 Å². The Morgan fingerprint density at radius 2 is 1.13 bits per heavy atom. The molecule has 0 bridgehead atoms. The van der Waals surface area contributed by atoms with Crippen molar-refractivity contribution < 1.29 is 0 Å². The maximum Gasteiger partial charge on any atom is -0.0383 e. The molecule has 0 amide bonds. The Kier molecular flexibility index (Phi) is 7.13. The van der Waals surface area contributed by atoms with Crippen LogP contribution in [-0.2, 0) is 0 Å². The van der Waals surface area contributed by atoms with E-state index in [4.69, 9.17) is 0 Å². The summed E-state index contributed by atoms with van der Waals surface area (Å²) in [4.78, 5) is 0. The second-order valence-corrected chi connectivity index (χ2v) is 5.45. The summed E-state index contributed by atoms with van der Waals surface area (Å²) in [6, 6.07) is 0. The number of hydrogen-bond donors (Lipinski definition) is 0. The van der Waals surface area contributed by atoms with Crippen molar-refractivity contribution in [2.45, 2.75) is 84.5 Å². The standard InChI is InChI=1S/C15H30/c1-3-5-7-9-11-14-13-15(14)12-10-8-6-4-2/h14-15H,3-13H2,1-2H3/t14-,15-/m1/s1. The first-order valence-corrected chi connectivity index (χ1v) is 7.38. The lowest BCUT2D eigenvalue weighted by Crippen LogP contribution is -1.86. The molecule has 0 heteroatoms. The molecule has 90 valence electrons. The van der Waals surface area contributed by atoms with Crippen molar-refractivity contribution in [2.75, 3.05) is 0 Å². The molecule has 0 aliphatic heterocycles. The molecule has 0 saturated heterocycles. The van der Waals surface area contributed by atoms with E-state index in [1.807, 2.05) is 0 Å². The van der Waals surface area contributed by atoms with Gasteiger partial charge in [-0.1, -0.05) is 78.1 Å². The Morgan fingerprint density at radius 3 is 1.53 bits per heavy atom. The minimum absolute atomic E-state index is 1.14. The molecule has 2 atom stereocenters. The van der Waals surface area contributed by atoms with E-state index in [0.717, 1.165) is 11.8 Å². The highest BCUT2D eigenvalue weighted by atomic mass is 14.4. The first-order valence-electron chi connectivity index (χ1n) is 7.38. The number of hydrogen-bond acceptors (Lipinski definition) is 0. The van der Waals surface area contributed by atoms with Crippen LogP contribution in [0.25, 0.3) is 0 Å². The van der Waals surface area contributed by atoms with E-state index in [1.54, 1.807) is 19.3 Å². The van der Waals surface area contributed by atoms with Gasteiger partial charge in [-0.15, -0.1) is 0 Å². The molecule has 1 rings (SSSR count). The Hall–Kier alpha value is 0. The van der Waals surface area contributed by atoms with Gasteiger partial charge < -0.3 is 0 Å². The lowest BCUT2D eigenvalue weighted by molar-refractivity contribution is 0.528. The third-order valence-electron chi connectivity index (χ3n) is 3.93. The molecule has 0 unspecified atom stereocenters. The third-order valence-corrected chi connectivity index (χ3v) is 3.93. The van der Waals surface area contributed by atoms with Crippen LogP contribution < -0.4 is 0 Å². The molecule has 15 heavy (non-hydrogen) atoms. The van der Waals surface area contributed by atoms with Gasteiger partial charge in [0.25, 0.3) is 0 Å². The normalized spacial score (nSPS) is 24.4. The van der Waals surface area contributed by atoms with Crippen LogP contribution in [0.2, 0.25) is 0 Å². The predicted molar refractivity (Wildman–Crippen MR) is 69.1 cm³/mol. The van der Waals surface area contributed by atoms with Gasteiger partial charge in [-0.3, -0.25) is 0 Å². The minimum Gasteiger partial charge on any atom is -0.0654 e. The predicted octanol–water partition coefficient (Wildman–Crippen LogP) is 5.56. The van der Waals surface area contributed by atoms with E-state index >= 15 is 0 Å². The largest absolute Gasteiger partial charge is 0.0654 e. The molecule has 1 aliphatic carbocycles. The summed E-state index contributed by atoms with van der Waals surface area (Å²) in [5.74, 6) is 2.28. The van der Waals surface area contributed by atoms with Crippen LogP contribution in [0.15, 0.2) is 0 Å². The van der Waals surface area contributed by atoms with Crippen LogP contribution >= 0.6 is 0 Å². The minimum atomic E-state index is 1.14. The summed E-state index contributed by atoms with van der Waals surface area (Å²) in [7, 11) is 0. The second-order valence-electron chi connectivity index (χ2n) is 5.45. The van der Waals surface area contributed by atoms with Crippen LogP contribution in [-0.4, -0.2) is 0 Å². The highest BCUT2D eigenvalue weighted by Crippen LogP contribution is 2.45. The van der Waals surface area contributed by atoms with E-state index in [9.17, 15) is 0 Å². The Morgan fingerprint density at radius 1 is 0.667 bits per heavy atom. The molecule has 0 radical (unpaired) electrons. The summed E-state index contributed by atoms with van der Waals surface area (Å²) in [6.45, 7) is 4.60. The van der Waals surface area contributed by atoms with Crippen molar-refractivity contribution in [1.29, 1.82) is 0 Å². The summed E-state index contributed by atoms with van der Waals surface area (Å²) in [6.07, 6.45) is 16.3. The van der Waals surface area contributed by atoms with Gasteiger partial charge in [-0.2, -0.15) is 0 Å². The van der Waals surface area contributed by atoms with Crippen LogP contribution in [0.5, 0.6) is 0 Å². The van der Waals surface area contributed by atoms with Crippen molar-refractivity contribution in [1.82, 2.24) is 0 Å². The Bertz CT molecular complexity index is 123. The molecule has 0 spiro atoms. The van der Waals surface area contributed by atoms with E-state index in [1.165, 1.54) is 51.4 Å². The molecule has 1 fully saturated rings. The highest BCUT2D eigenvalue weighted by Gasteiger charge is 2.34. The second kappa shape index (κ2) is 8.19. The average molecular weight is 210 g/mol. The fraction of sp³-hybridized carbons (Fsp3) is 1.00. The van der Waals surface area contributed by atoms with Gasteiger partial charge in [0.05, 0.1) is 0 Å². The molecule has 0 aromatic heterocycles. The van der Waals surface area contributed by atoms with E-state index in [0.29, 0.717) is 0 Å². The summed E-state index contributed by atoms with van der Waals surface area (Å²) < 4.78 is 0. The monoisotopic (exact) mass is 210 g/mol. The fourth-order valence-electron chi connectivity index (χ4n) is 2.68. The molecular formula is C15H30. The summed E-state index contributed by atoms with van der Waals surface area (Å²) in [5, 5.41) is 0. The van der Waals surface area contributed by atoms with Crippen LogP contribution in [0.3, 0.4) is 0 Å². The fourth-order valence-corrected chi connectivity index (χ4v) is 2.68. The van der Waals surface area contributed by atoms with Gasteiger partial charge in [0.2, 0.25) is 0 Å². The van der Waals surface area contributed by atoms with Crippen LogP contribution in [0, 0.1) is 11.8 Å². The molecule has 0 aromatic carbocycles. The zero-order valence-electron chi connectivity index (χ0n) is 10.9. The van der Waals surface area contributed by atoms with Gasteiger partial charge in [-0.05, 0) is 18.3 Å². The molecule has 0 nitrogen and oxygen atoms in total. The maximum atomic E-state index is 2.30. The molecule has 1 saturated carbocycles. The van der Waals surface area contributed by atoms with Gasteiger partial charge in [0.1, 0.15) is 0 Å². The molecule has 1 aliphatic rings. The third kappa shape index (κ3) is 6.22. The maximum absolute atomic E-state index is 2.30. The van der Waals surface area contributed by atoms with Gasteiger partial charge in [0, 0.05) is 0 Å². The average Bonchev–Trinajstić information content (AvgIpc) is 2.99. The number of rotatable bonds is 10. The van der Waals surface area contributed by atoms with E-state index < -0.39 is 0 Å². The van der Waals surface area contributed by atoms with Crippen molar-refractivity contribution in [3.8, 4) is 0 Å². The molecule has 0 heterocycles. The van der Waals surface area contributed by atoms with Crippen molar-refractivity contribution in [3.05, 3.63) is 0 Å². The molecule has 0 aromatic rings. The highest BCUT2D eigenvalue weighted by molar-refractivity contribution is 4.85. The summed E-state index contributed by atoms with van der Waals surface area (Å²) >= 11 is 0. The van der Waals surface area contributed by atoms with Gasteiger partial charge in [0.15, 0.2) is 0 Å². The smallest absolute Gasteiger partial charge is 0.0383 e. The SMILES string of the molecule is CCCCCC[C@@H]1C[C@H]1CCCCCC. The van der Waals surface area contributed by atoms with Gasteiger partial charge >= 0.3 is 0 Å². The zero-order valence-corrected chi connectivity index (χ0v) is 10.9.